The summed E-state index contributed by atoms with van der Waals surface area (Å²) < 4.78 is 5.30. The fourth-order valence-electron chi connectivity index (χ4n) is 4.93. The Hall–Kier alpha value is -2.51. The van der Waals surface area contributed by atoms with Gasteiger partial charge in [-0.15, -0.1) is 0 Å². The van der Waals surface area contributed by atoms with Gasteiger partial charge in [0.2, 0.25) is 11.8 Å². The highest BCUT2D eigenvalue weighted by Gasteiger charge is 2.37. The number of pyridine rings is 2. The summed E-state index contributed by atoms with van der Waals surface area (Å²) in [7, 11) is 1.65. The second-order valence-corrected chi connectivity index (χ2v) is 8.90. The zero-order valence-electron chi connectivity index (χ0n) is 19.1. The highest BCUT2D eigenvalue weighted by molar-refractivity contribution is 5.79. The van der Waals surface area contributed by atoms with Crippen LogP contribution in [0.2, 0.25) is 0 Å². The van der Waals surface area contributed by atoms with Gasteiger partial charge in [0.1, 0.15) is 0 Å². The maximum absolute atomic E-state index is 13.1. The zero-order valence-corrected chi connectivity index (χ0v) is 19.1. The SMILES string of the molecule is COc1cccc(CN2CC[C@@H]3C(=O)NCCCCCCN(Cc4ccncc4)[C@@H]3C2)n1. The number of hydrogen-bond acceptors (Lipinski definition) is 6. The van der Waals surface area contributed by atoms with Crippen LogP contribution in [0.25, 0.3) is 0 Å². The fraction of sp³-hybridized carbons (Fsp3) is 0.560. The van der Waals surface area contributed by atoms with Crippen LogP contribution < -0.4 is 10.1 Å². The summed E-state index contributed by atoms with van der Waals surface area (Å²) in [6.07, 6.45) is 9.19. The number of methoxy groups -OCH3 is 1. The molecule has 4 rings (SSSR count). The van der Waals surface area contributed by atoms with Gasteiger partial charge in [-0.05, 0) is 56.1 Å². The minimum absolute atomic E-state index is 0.0180. The third-order valence-corrected chi connectivity index (χ3v) is 6.65. The first kappa shape index (κ1) is 22.7. The van der Waals surface area contributed by atoms with Gasteiger partial charge in [0, 0.05) is 50.7 Å². The van der Waals surface area contributed by atoms with Gasteiger partial charge in [0.25, 0.3) is 0 Å². The summed E-state index contributed by atoms with van der Waals surface area (Å²) in [6, 6.07) is 10.3. The normalized spacial score (nSPS) is 23.6. The number of hydrogen-bond donors (Lipinski definition) is 1. The molecule has 2 aliphatic heterocycles. The van der Waals surface area contributed by atoms with Crippen LogP contribution in [-0.4, -0.2) is 65.0 Å². The summed E-state index contributed by atoms with van der Waals surface area (Å²) in [5, 5.41) is 3.22. The highest BCUT2D eigenvalue weighted by atomic mass is 16.5. The van der Waals surface area contributed by atoms with Crippen molar-refractivity contribution < 1.29 is 9.53 Å². The molecular weight excluding hydrogens is 402 g/mol. The van der Waals surface area contributed by atoms with Crippen molar-refractivity contribution in [2.45, 2.75) is 51.2 Å². The molecule has 172 valence electrons. The molecule has 2 aliphatic rings. The van der Waals surface area contributed by atoms with E-state index in [1.54, 1.807) is 7.11 Å². The van der Waals surface area contributed by atoms with E-state index in [1.807, 2.05) is 30.6 Å². The number of nitrogens with one attached hydrogen (secondary N) is 1. The molecule has 0 aliphatic carbocycles. The maximum atomic E-state index is 13.1. The van der Waals surface area contributed by atoms with Crippen molar-refractivity contribution >= 4 is 5.91 Å². The first-order chi connectivity index (χ1) is 15.7. The number of fused-ring (bicyclic) bond motifs is 1. The molecule has 0 saturated carbocycles. The van der Waals surface area contributed by atoms with E-state index in [9.17, 15) is 4.79 Å². The van der Waals surface area contributed by atoms with Gasteiger partial charge in [-0.3, -0.25) is 19.6 Å². The molecule has 4 heterocycles. The van der Waals surface area contributed by atoms with Gasteiger partial charge in [-0.2, -0.15) is 0 Å². The van der Waals surface area contributed by atoms with Gasteiger partial charge in [-0.25, -0.2) is 4.98 Å². The van der Waals surface area contributed by atoms with Crippen LogP contribution in [0, 0.1) is 5.92 Å². The summed E-state index contributed by atoms with van der Waals surface area (Å²) in [5.74, 6) is 0.881. The summed E-state index contributed by atoms with van der Waals surface area (Å²) >= 11 is 0. The van der Waals surface area contributed by atoms with E-state index in [0.717, 1.165) is 57.8 Å². The molecule has 1 amide bonds. The van der Waals surface area contributed by atoms with E-state index in [4.69, 9.17) is 4.74 Å². The number of ether oxygens (including phenoxy) is 1. The lowest BCUT2D eigenvalue weighted by Gasteiger charge is -2.43. The van der Waals surface area contributed by atoms with Gasteiger partial charge >= 0.3 is 0 Å². The Morgan fingerprint density at radius 1 is 1.06 bits per heavy atom. The van der Waals surface area contributed by atoms with Crippen molar-refractivity contribution in [2.75, 3.05) is 33.3 Å². The van der Waals surface area contributed by atoms with Crippen molar-refractivity contribution in [1.82, 2.24) is 25.1 Å². The maximum Gasteiger partial charge on any atom is 0.224 e. The van der Waals surface area contributed by atoms with Crippen LogP contribution in [-0.2, 0) is 17.9 Å². The van der Waals surface area contributed by atoms with Crippen LogP contribution >= 0.6 is 0 Å². The third kappa shape index (κ3) is 6.04. The zero-order chi connectivity index (χ0) is 22.2. The quantitative estimate of drug-likeness (QED) is 0.776. The Morgan fingerprint density at radius 3 is 2.75 bits per heavy atom. The molecule has 32 heavy (non-hydrogen) atoms. The molecule has 2 aromatic heterocycles. The van der Waals surface area contributed by atoms with E-state index < -0.39 is 0 Å². The lowest BCUT2D eigenvalue weighted by molar-refractivity contribution is -0.129. The molecule has 0 aromatic carbocycles. The predicted octanol–water partition coefficient (Wildman–Crippen LogP) is 2.87. The second kappa shape index (κ2) is 11.4. The molecule has 2 aromatic rings. The van der Waals surface area contributed by atoms with Crippen LogP contribution in [0.5, 0.6) is 5.88 Å². The summed E-state index contributed by atoms with van der Waals surface area (Å²) in [5.41, 5.74) is 2.25. The molecule has 2 fully saturated rings. The van der Waals surface area contributed by atoms with Crippen LogP contribution in [0.1, 0.15) is 43.4 Å². The minimum Gasteiger partial charge on any atom is -0.481 e. The topological polar surface area (TPSA) is 70.6 Å². The smallest absolute Gasteiger partial charge is 0.224 e. The molecule has 0 unspecified atom stereocenters. The standard InChI is InChI=1S/C25H35N5O2/c1-32-24-8-6-7-21(28-24)18-29-16-11-22-23(19-29)30(17-20-9-13-26-14-10-20)15-5-3-2-4-12-27-25(22)31/h6-10,13-14,22-23H,2-5,11-12,15-19H2,1H3,(H,27,31)/t22-,23+/m0/s1. The Kier molecular flexibility index (Phi) is 8.07. The Labute approximate surface area is 191 Å². The van der Waals surface area contributed by atoms with Gasteiger partial charge in [-0.1, -0.05) is 18.9 Å². The van der Waals surface area contributed by atoms with E-state index in [0.29, 0.717) is 5.88 Å². The predicted molar refractivity (Wildman–Crippen MR) is 124 cm³/mol. The number of likely N-dealkylation sites (tertiary alicyclic amines) is 1. The minimum atomic E-state index is 0.0180. The third-order valence-electron chi connectivity index (χ3n) is 6.65. The molecular formula is C25H35N5O2. The van der Waals surface area contributed by atoms with Crippen molar-refractivity contribution in [1.29, 1.82) is 0 Å². The lowest BCUT2D eigenvalue weighted by atomic mass is 9.88. The molecule has 2 saturated heterocycles. The van der Waals surface area contributed by atoms with Crippen LogP contribution in [0.4, 0.5) is 0 Å². The first-order valence-electron chi connectivity index (χ1n) is 11.9. The first-order valence-corrected chi connectivity index (χ1v) is 11.9. The van der Waals surface area contributed by atoms with Gasteiger partial charge in [0.05, 0.1) is 18.7 Å². The molecule has 7 nitrogen and oxygen atoms in total. The molecule has 7 heteroatoms. The van der Waals surface area contributed by atoms with Gasteiger partial charge < -0.3 is 10.1 Å². The van der Waals surface area contributed by atoms with E-state index >= 15 is 0 Å². The molecule has 0 spiro atoms. The number of rotatable bonds is 5. The van der Waals surface area contributed by atoms with Crippen molar-refractivity contribution in [3.63, 3.8) is 0 Å². The Bertz CT molecular complexity index is 862. The summed E-state index contributed by atoms with van der Waals surface area (Å²) in [4.78, 5) is 26.9. The van der Waals surface area contributed by atoms with E-state index in [1.165, 1.54) is 24.8 Å². The number of amides is 1. The molecule has 0 radical (unpaired) electrons. The number of carbonyl (C=O) groups excluding carboxylic acids is 1. The van der Waals surface area contributed by atoms with E-state index in [2.05, 4.69) is 37.2 Å². The second-order valence-electron chi connectivity index (χ2n) is 8.90. The number of aromatic nitrogens is 2. The fourth-order valence-corrected chi connectivity index (χ4v) is 4.93. The number of nitrogens with zero attached hydrogens (tertiary/aromatic N) is 4. The molecule has 2 atom stereocenters. The molecule has 0 bridgehead atoms. The monoisotopic (exact) mass is 437 g/mol. The van der Waals surface area contributed by atoms with Crippen molar-refractivity contribution in [3.8, 4) is 5.88 Å². The highest BCUT2D eigenvalue weighted by Crippen LogP contribution is 2.27. The van der Waals surface area contributed by atoms with Crippen LogP contribution in [0.3, 0.4) is 0 Å². The Morgan fingerprint density at radius 2 is 1.91 bits per heavy atom. The van der Waals surface area contributed by atoms with Crippen molar-refractivity contribution in [2.24, 2.45) is 5.92 Å². The van der Waals surface area contributed by atoms with Crippen molar-refractivity contribution in [3.05, 3.63) is 54.0 Å². The summed E-state index contributed by atoms with van der Waals surface area (Å²) in [6.45, 7) is 5.19. The van der Waals surface area contributed by atoms with Crippen LogP contribution in [0.15, 0.2) is 42.7 Å². The van der Waals surface area contributed by atoms with Gasteiger partial charge in [0.15, 0.2) is 0 Å². The average molecular weight is 438 g/mol. The Balaban J connectivity index is 1.54. The average Bonchev–Trinajstić information content (AvgIpc) is 2.86. The number of carbonyl (C=O) groups is 1. The molecule has 1 N–H and O–H groups in total. The number of piperidine rings is 1. The van der Waals surface area contributed by atoms with E-state index in [-0.39, 0.29) is 17.9 Å². The largest absolute Gasteiger partial charge is 0.481 e. The lowest BCUT2D eigenvalue weighted by Crippen LogP contribution is -2.56.